The fourth-order valence-electron chi connectivity index (χ4n) is 1.80. The van der Waals surface area contributed by atoms with Crippen molar-refractivity contribution in [3.8, 4) is 0 Å². The summed E-state index contributed by atoms with van der Waals surface area (Å²) < 4.78 is 24.8. The number of benzene rings is 2. The zero-order valence-corrected chi connectivity index (χ0v) is 13.0. The van der Waals surface area contributed by atoms with Gasteiger partial charge in [0.1, 0.15) is 5.69 Å². The van der Waals surface area contributed by atoms with Gasteiger partial charge in [-0.15, -0.1) is 0 Å². The van der Waals surface area contributed by atoms with Crippen LogP contribution in [0.5, 0.6) is 0 Å². The Morgan fingerprint density at radius 2 is 1.82 bits per heavy atom. The highest BCUT2D eigenvalue weighted by atomic mass is 35.5. The lowest BCUT2D eigenvalue weighted by atomic mass is 10.2. The van der Waals surface area contributed by atoms with Crippen molar-refractivity contribution in [2.75, 3.05) is 16.3 Å². The van der Waals surface area contributed by atoms with Crippen molar-refractivity contribution in [1.82, 2.24) is 0 Å². The van der Waals surface area contributed by atoms with Crippen LogP contribution in [-0.4, -0.2) is 19.6 Å². The normalized spacial score (nSPS) is 11.0. The molecule has 0 aliphatic heterocycles. The number of nitro benzene ring substituents is 1. The minimum atomic E-state index is -3.40. The van der Waals surface area contributed by atoms with Crippen molar-refractivity contribution >= 4 is 44.4 Å². The molecule has 0 aliphatic rings. The minimum Gasteiger partial charge on any atom is -0.350 e. The van der Waals surface area contributed by atoms with Gasteiger partial charge >= 0.3 is 0 Å². The highest BCUT2D eigenvalue weighted by molar-refractivity contribution is 7.92. The summed E-state index contributed by atoms with van der Waals surface area (Å²) in [6.45, 7) is 0. The van der Waals surface area contributed by atoms with Gasteiger partial charge in [-0.25, -0.2) is 8.42 Å². The van der Waals surface area contributed by atoms with Crippen LogP contribution in [0.4, 0.5) is 22.7 Å². The molecule has 22 heavy (non-hydrogen) atoms. The summed E-state index contributed by atoms with van der Waals surface area (Å²) in [4.78, 5) is 10.5. The van der Waals surface area contributed by atoms with E-state index in [-0.39, 0.29) is 11.4 Å². The lowest BCUT2D eigenvalue weighted by Crippen LogP contribution is -2.09. The number of nitrogens with one attached hydrogen (secondary N) is 2. The molecule has 0 fully saturated rings. The van der Waals surface area contributed by atoms with E-state index in [1.165, 1.54) is 24.3 Å². The average molecular weight is 342 g/mol. The monoisotopic (exact) mass is 341 g/mol. The van der Waals surface area contributed by atoms with Crippen LogP contribution >= 0.6 is 11.6 Å². The molecule has 2 aromatic carbocycles. The number of anilines is 3. The van der Waals surface area contributed by atoms with E-state index in [4.69, 9.17) is 11.6 Å². The first-order valence-corrected chi connectivity index (χ1v) is 8.30. The first kappa shape index (κ1) is 16.1. The summed E-state index contributed by atoms with van der Waals surface area (Å²) in [6.07, 6.45) is 1.04. The second kappa shape index (κ2) is 6.20. The van der Waals surface area contributed by atoms with Crippen molar-refractivity contribution in [2.45, 2.75) is 0 Å². The highest BCUT2D eigenvalue weighted by Gasteiger charge is 2.14. The smallest absolute Gasteiger partial charge is 0.292 e. The van der Waals surface area contributed by atoms with Gasteiger partial charge in [-0.1, -0.05) is 17.7 Å². The highest BCUT2D eigenvalue weighted by Crippen LogP contribution is 2.31. The Balaban J connectivity index is 2.33. The standard InChI is InChI=1S/C13H12ClN3O4S/c1-22(20,21)16-11-4-2-3-10(8-11)15-12-7-9(14)5-6-13(12)17(18)19/h2-8,15-16H,1H3. The van der Waals surface area contributed by atoms with Gasteiger partial charge in [-0.3, -0.25) is 14.8 Å². The Morgan fingerprint density at radius 3 is 2.45 bits per heavy atom. The van der Waals surface area contributed by atoms with E-state index >= 15 is 0 Å². The van der Waals surface area contributed by atoms with Crippen LogP contribution < -0.4 is 10.0 Å². The second-order valence-corrected chi connectivity index (χ2v) is 6.68. The summed E-state index contributed by atoms with van der Waals surface area (Å²) in [5.74, 6) is 0. The Kier molecular flexibility index (Phi) is 4.53. The third-order valence-corrected chi connectivity index (χ3v) is 3.44. The van der Waals surface area contributed by atoms with Crippen molar-refractivity contribution in [3.05, 3.63) is 57.6 Å². The van der Waals surface area contributed by atoms with E-state index in [1.807, 2.05) is 0 Å². The van der Waals surface area contributed by atoms with Gasteiger partial charge in [-0.2, -0.15) is 0 Å². The van der Waals surface area contributed by atoms with E-state index in [1.54, 1.807) is 18.2 Å². The van der Waals surface area contributed by atoms with Crippen LogP contribution in [0.1, 0.15) is 0 Å². The van der Waals surface area contributed by atoms with E-state index in [0.29, 0.717) is 16.4 Å². The van der Waals surface area contributed by atoms with Crippen LogP contribution in [-0.2, 0) is 10.0 Å². The molecule has 0 amide bonds. The lowest BCUT2D eigenvalue weighted by molar-refractivity contribution is -0.383. The predicted octanol–water partition coefficient (Wildman–Crippen LogP) is 3.36. The van der Waals surface area contributed by atoms with Crippen LogP contribution in [0.25, 0.3) is 0 Å². The summed E-state index contributed by atoms with van der Waals surface area (Å²) in [6, 6.07) is 10.5. The zero-order valence-electron chi connectivity index (χ0n) is 11.4. The number of nitro groups is 1. The molecule has 116 valence electrons. The molecule has 2 rings (SSSR count). The summed E-state index contributed by atoms with van der Waals surface area (Å²) >= 11 is 5.85. The maximum absolute atomic E-state index is 11.2. The van der Waals surface area contributed by atoms with Crippen molar-refractivity contribution in [3.63, 3.8) is 0 Å². The molecule has 0 unspecified atom stereocenters. The quantitative estimate of drug-likeness (QED) is 0.641. The largest absolute Gasteiger partial charge is 0.350 e. The number of hydrogen-bond donors (Lipinski definition) is 2. The Labute approximate surface area is 132 Å². The fourth-order valence-corrected chi connectivity index (χ4v) is 2.52. The topological polar surface area (TPSA) is 101 Å². The van der Waals surface area contributed by atoms with Crippen LogP contribution in [0, 0.1) is 10.1 Å². The van der Waals surface area contributed by atoms with Gasteiger partial charge in [0, 0.05) is 16.8 Å². The van der Waals surface area contributed by atoms with Crippen molar-refractivity contribution < 1.29 is 13.3 Å². The molecule has 0 aliphatic carbocycles. The van der Waals surface area contributed by atoms with Gasteiger partial charge in [-0.05, 0) is 30.3 Å². The van der Waals surface area contributed by atoms with Gasteiger partial charge in [0.05, 0.1) is 16.9 Å². The maximum atomic E-state index is 11.2. The molecule has 0 saturated carbocycles. The SMILES string of the molecule is CS(=O)(=O)Nc1cccc(Nc2cc(Cl)ccc2[N+](=O)[O-])c1. The molecule has 7 nitrogen and oxygen atoms in total. The number of halogens is 1. The summed E-state index contributed by atoms with van der Waals surface area (Å²) in [5, 5.41) is 14.2. The minimum absolute atomic E-state index is 0.133. The maximum Gasteiger partial charge on any atom is 0.292 e. The third kappa shape index (κ3) is 4.34. The molecule has 2 aromatic rings. The number of hydrogen-bond acceptors (Lipinski definition) is 5. The van der Waals surface area contributed by atoms with Gasteiger partial charge in [0.25, 0.3) is 5.69 Å². The molecule has 0 radical (unpaired) electrons. The number of sulfonamides is 1. The van der Waals surface area contributed by atoms with E-state index in [0.717, 1.165) is 6.26 Å². The molecule has 0 aromatic heterocycles. The molecule has 0 bridgehead atoms. The Hall–Kier alpha value is -2.32. The molecular formula is C13H12ClN3O4S. The Morgan fingerprint density at radius 1 is 1.14 bits per heavy atom. The molecule has 0 atom stereocenters. The first-order chi connectivity index (χ1) is 10.2. The average Bonchev–Trinajstić information content (AvgIpc) is 2.36. The molecular weight excluding hydrogens is 330 g/mol. The molecule has 0 saturated heterocycles. The molecule has 0 spiro atoms. The predicted molar refractivity (Wildman–Crippen MR) is 86.3 cm³/mol. The van der Waals surface area contributed by atoms with E-state index < -0.39 is 14.9 Å². The summed E-state index contributed by atoms with van der Waals surface area (Å²) in [7, 11) is -3.40. The van der Waals surface area contributed by atoms with Crippen molar-refractivity contribution in [1.29, 1.82) is 0 Å². The zero-order chi connectivity index (χ0) is 16.3. The molecule has 9 heteroatoms. The summed E-state index contributed by atoms with van der Waals surface area (Å²) in [5.41, 5.74) is 0.913. The molecule has 0 heterocycles. The van der Waals surface area contributed by atoms with Crippen LogP contribution in [0.15, 0.2) is 42.5 Å². The van der Waals surface area contributed by atoms with Crippen LogP contribution in [0.3, 0.4) is 0 Å². The van der Waals surface area contributed by atoms with E-state index in [9.17, 15) is 18.5 Å². The van der Waals surface area contributed by atoms with Crippen LogP contribution in [0.2, 0.25) is 5.02 Å². The first-order valence-electron chi connectivity index (χ1n) is 6.03. The molecule has 2 N–H and O–H groups in total. The van der Waals surface area contributed by atoms with Gasteiger partial charge in [0.2, 0.25) is 10.0 Å². The fraction of sp³-hybridized carbons (Fsp3) is 0.0769. The third-order valence-electron chi connectivity index (χ3n) is 2.60. The van der Waals surface area contributed by atoms with Gasteiger partial charge < -0.3 is 5.32 Å². The Bertz CT molecular complexity index is 824. The lowest BCUT2D eigenvalue weighted by Gasteiger charge is -2.10. The number of nitrogens with zero attached hydrogens (tertiary/aromatic N) is 1. The second-order valence-electron chi connectivity index (χ2n) is 4.50. The van der Waals surface area contributed by atoms with E-state index in [2.05, 4.69) is 10.0 Å². The number of rotatable bonds is 5. The van der Waals surface area contributed by atoms with Gasteiger partial charge in [0.15, 0.2) is 0 Å². The van der Waals surface area contributed by atoms with Crippen molar-refractivity contribution in [2.24, 2.45) is 0 Å².